The predicted molar refractivity (Wildman–Crippen MR) is 37.7 cm³/mol. The summed E-state index contributed by atoms with van der Waals surface area (Å²) in [6.45, 7) is -0.542. The van der Waals surface area contributed by atoms with Crippen molar-refractivity contribution in [3.63, 3.8) is 0 Å². The minimum atomic E-state index is -0.271. The predicted octanol–water partition coefficient (Wildman–Crippen LogP) is -3.25. The zero-order valence-corrected chi connectivity index (χ0v) is 8.95. The van der Waals surface area contributed by atoms with E-state index in [9.17, 15) is 5.11 Å². The van der Waals surface area contributed by atoms with Crippen LogP contribution in [-0.4, -0.2) is 10.2 Å². The van der Waals surface area contributed by atoms with E-state index in [1.165, 1.54) is 0 Å². The van der Waals surface area contributed by atoms with Gasteiger partial charge in [-0.2, -0.15) is 0 Å². The van der Waals surface area contributed by atoms with Gasteiger partial charge in [0.15, 0.2) is 0 Å². The van der Waals surface area contributed by atoms with Crippen molar-refractivity contribution in [1.82, 2.24) is 0 Å². The molecule has 12 heavy (non-hydrogen) atoms. The van der Waals surface area contributed by atoms with Gasteiger partial charge in [0.1, 0.15) is 0 Å². The van der Waals surface area contributed by atoms with Gasteiger partial charge in [0.2, 0.25) is 0 Å². The Morgan fingerprint density at radius 1 is 1.08 bits per heavy atom. The zero-order chi connectivity index (χ0) is 8.27. The molecule has 1 aromatic rings. The topological polar surface area (TPSA) is 63.5 Å². The summed E-state index contributed by atoms with van der Waals surface area (Å²) < 4.78 is 0. The average Bonchev–Trinajstić information content (AvgIpc) is 2.05. The van der Waals surface area contributed by atoms with E-state index in [0.717, 1.165) is 0 Å². The second-order valence-electron chi connectivity index (χ2n) is 2.22. The molecule has 0 fully saturated rings. The van der Waals surface area contributed by atoms with Crippen LogP contribution in [0.2, 0.25) is 0 Å². The summed E-state index contributed by atoms with van der Waals surface area (Å²) >= 11 is 0. The minimum absolute atomic E-state index is 0. The van der Waals surface area contributed by atoms with E-state index >= 15 is 0 Å². The molecule has 0 atom stereocenters. The maximum absolute atomic E-state index is 11.1. The summed E-state index contributed by atoms with van der Waals surface area (Å²) in [5.41, 5.74) is 0.660. The number of hydrogen-bond donors (Lipinski definition) is 2. The van der Waals surface area contributed by atoms with Crippen molar-refractivity contribution >= 4 is 0 Å². The molecule has 1 aromatic carbocycles. The van der Waals surface area contributed by atoms with Crippen molar-refractivity contribution in [3.05, 3.63) is 29.3 Å². The van der Waals surface area contributed by atoms with Crippen molar-refractivity contribution in [2.45, 2.75) is 13.2 Å². The van der Waals surface area contributed by atoms with Gasteiger partial charge in [-0.15, -0.1) is 0 Å². The van der Waals surface area contributed by atoms with E-state index < -0.39 is 0 Å². The molecule has 1 rings (SSSR count). The van der Waals surface area contributed by atoms with Gasteiger partial charge in [-0.05, 0) is 11.1 Å². The fourth-order valence-corrected chi connectivity index (χ4v) is 0.887. The molecule has 2 N–H and O–H groups in total. The van der Waals surface area contributed by atoms with Crippen molar-refractivity contribution in [2.24, 2.45) is 0 Å². The molecule has 0 aromatic heterocycles. The Hall–Kier alpha value is -0.0600. The summed E-state index contributed by atoms with van der Waals surface area (Å²) in [5.74, 6) is -0.266. The molecular formula is C8H9NaO3. The number of hydrogen-bond acceptors (Lipinski definition) is 3. The number of aliphatic hydroxyl groups excluding tert-OH is 2. The SMILES string of the molecule is [Na+].[O-]c1c(CO)cccc1CO. The van der Waals surface area contributed by atoms with Crippen LogP contribution in [0.4, 0.5) is 0 Å². The van der Waals surface area contributed by atoms with Crippen LogP contribution in [-0.2, 0) is 13.2 Å². The van der Waals surface area contributed by atoms with E-state index in [-0.39, 0.29) is 48.5 Å². The molecule has 0 unspecified atom stereocenters. The molecule has 0 bridgehead atoms. The van der Waals surface area contributed by atoms with Crippen LogP contribution >= 0.6 is 0 Å². The number of benzene rings is 1. The van der Waals surface area contributed by atoms with Crippen LogP contribution in [0.15, 0.2) is 18.2 Å². The molecule has 0 radical (unpaired) electrons. The average molecular weight is 176 g/mol. The van der Waals surface area contributed by atoms with E-state index in [1.54, 1.807) is 18.2 Å². The molecular weight excluding hydrogens is 167 g/mol. The third-order valence-electron chi connectivity index (χ3n) is 1.52. The molecule has 4 heteroatoms. The second kappa shape index (κ2) is 5.56. The maximum Gasteiger partial charge on any atom is 1.00 e. The Morgan fingerprint density at radius 2 is 1.50 bits per heavy atom. The molecule has 0 saturated carbocycles. The van der Waals surface area contributed by atoms with Crippen LogP contribution in [0.1, 0.15) is 11.1 Å². The largest absolute Gasteiger partial charge is 1.00 e. The van der Waals surface area contributed by atoms with Crippen molar-refractivity contribution in [2.75, 3.05) is 0 Å². The quantitative estimate of drug-likeness (QED) is 0.465. The van der Waals surface area contributed by atoms with Crippen LogP contribution in [0.5, 0.6) is 5.75 Å². The smallest absolute Gasteiger partial charge is 0.872 e. The van der Waals surface area contributed by atoms with Gasteiger partial charge in [0.25, 0.3) is 0 Å². The minimum Gasteiger partial charge on any atom is -0.872 e. The van der Waals surface area contributed by atoms with Gasteiger partial charge in [-0.1, -0.05) is 23.9 Å². The van der Waals surface area contributed by atoms with Crippen LogP contribution < -0.4 is 34.7 Å². The summed E-state index contributed by atoms with van der Waals surface area (Å²) in [7, 11) is 0. The molecule has 60 valence electrons. The normalized spacial score (nSPS) is 9.17. The first-order valence-corrected chi connectivity index (χ1v) is 3.29. The zero-order valence-electron chi connectivity index (χ0n) is 6.95. The van der Waals surface area contributed by atoms with E-state index in [1.807, 2.05) is 0 Å². The van der Waals surface area contributed by atoms with Crippen molar-refractivity contribution in [1.29, 1.82) is 0 Å². The molecule has 0 heterocycles. The van der Waals surface area contributed by atoms with Gasteiger partial charge >= 0.3 is 29.6 Å². The molecule has 0 aliphatic rings. The Labute approximate surface area is 93.0 Å². The number of rotatable bonds is 2. The van der Waals surface area contributed by atoms with Gasteiger partial charge in [0.05, 0.1) is 13.2 Å². The number of para-hydroxylation sites is 1. The molecule has 0 aliphatic carbocycles. The standard InChI is InChI=1S/C8H10O3.Na/c9-4-6-2-1-3-7(5-10)8(6)11;/h1-3,9-11H,4-5H2;/q;+1/p-1. The summed E-state index contributed by atoms with van der Waals surface area (Å²) in [6.07, 6.45) is 0. The molecule has 0 saturated heterocycles. The summed E-state index contributed by atoms with van der Waals surface area (Å²) in [4.78, 5) is 0. The fourth-order valence-electron chi connectivity index (χ4n) is 0.887. The Balaban J connectivity index is 0.00000121. The van der Waals surface area contributed by atoms with E-state index in [2.05, 4.69) is 0 Å². The third-order valence-corrected chi connectivity index (χ3v) is 1.52. The first kappa shape index (κ1) is 11.9. The second-order valence-corrected chi connectivity index (χ2v) is 2.22. The van der Waals surface area contributed by atoms with Gasteiger partial charge in [0, 0.05) is 0 Å². The van der Waals surface area contributed by atoms with Crippen LogP contribution in [0.3, 0.4) is 0 Å². The maximum atomic E-state index is 11.1. The Morgan fingerprint density at radius 3 is 1.83 bits per heavy atom. The molecule has 3 nitrogen and oxygen atoms in total. The fraction of sp³-hybridized carbons (Fsp3) is 0.250. The number of aliphatic hydroxyl groups is 2. The van der Waals surface area contributed by atoms with E-state index in [0.29, 0.717) is 11.1 Å². The molecule has 0 amide bonds. The summed E-state index contributed by atoms with van der Waals surface area (Å²) in [6, 6.07) is 4.72. The van der Waals surface area contributed by atoms with Gasteiger partial charge in [-0.25, -0.2) is 0 Å². The monoisotopic (exact) mass is 176 g/mol. The Bertz CT molecular complexity index is 228. The third kappa shape index (κ3) is 2.47. The summed E-state index contributed by atoms with van der Waals surface area (Å²) in [5, 5.41) is 28.4. The first-order valence-electron chi connectivity index (χ1n) is 3.29. The van der Waals surface area contributed by atoms with E-state index in [4.69, 9.17) is 10.2 Å². The first-order chi connectivity index (χ1) is 5.29. The van der Waals surface area contributed by atoms with Gasteiger partial charge in [-0.3, -0.25) is 0 Å². The molecule has 0 spiro atoms. The molecule has 0 aliphatic heterocycles. The van der Waals surface area contributed by atoms with Crippen LogP contribution in [0, 0.1) is 0 Å². The van der Waals surface area contributed by atoms with Gasteiger partial charge < -0.3 is 15.3 Å². The van der Waals surface area contributed by atoms with Crippen molar-refractivity contribution < 1.29 is 44.9 Å². The Kier molecular flexibility index (Phi) is 5.53. The van der Waals surface area contributed by atoms with Crippen molar-refractivity contribution in [3.8, 4) is 5.75 Å². The van der Waals surface area contributed by atoms with Crippen LogP contribution in [0.25, 0.3) is 0 Å².